The van der Waals surface area contributed by atoms with Crippen molar-refractivity contribution in [2.45, 2.75) is 32.7 Å². The van der Waals surface area contributed by atoms with Crippen molar-refractivity contribution < 1.29 is 13.6 Å². The molecule has 0 aromatic rings. The molecule has 18 heavy (non-hydrogen) atoms. The number of hydrogen-bond acceptors (Lipinski definition) is 5. The van der Waals surface area contributed by atoms with Crippen LogP contribution < -0.4 is 5.73 Å². The Morgan fingerprint density at radius 2 is 1.61 bits per heavy atom. The molecule has 0 radical (unpaired) electrons. The quantitative estimate of drug-likeness (QED) is 0.761. The summed E-state index contributed by atoms with van der Waals surface area (Å²) < 4.78 is 22.8. The van der Waals surface area contributed by atoms with Crippen LogP contribution in [0.5, 0.6) is 0 Å². The summed E-state index contributed by atoms with van der Waals surface area (Å²) in [6, 6.07) is 0.287. The van der Waals surface area contributed by atoms with Crippen molar-refractivity contribution in [3.8, 4) is 0 Å². The fourth-order valence-corrected chi connectivity index (χ4v) is 3.65. The molecule has 2 N–H and O–H groups in total. The molecule has 0 saturated carbocycles. The average molecular weight is 323 g/mol. The summed E-state index contributed by atoms with van der Waals surface area (Å²) >= 11 is 0. The summed E-state index contributed by atoms with van der Waals surface area (Å²) in [7, 11) is -2.92. The van der Waals surface area contributed by atoms with Crippen molar-refractivity contribution in [1.82, 2.24) is 4.90 Å². The minimum Gasteiger partial charge on any atom is -0.328 e. The number of piperidine rings is 1. The van der Waals surface area contributed by atoms with Crippen LogP contribution in [0, 0.1) is 0 Å². The highest BCUT2D eigenvalue weighted by Crippen LogP contribution is 2.48. The van der Waals surface area contributed by atoms with Crippen molar-refractivity contribution in [2.24, 2.45) is 5.73 Å². The van der Waals surface area contributed by atoms with Crippen LogP contribution in [0.4, 0.5) is 0 Å². The first-order valence-electron chi connectivity index (χ1n) is 5.95. The Bertz CT molecular complexity index is 241. The summed E-state index contributed by atoms with van der Waals surface area (Å²) in [5.41, 5.74) is 5.82. The molecule has 5 nitrogen and oxygen atoms in total. The van der Waals surface area contributed by atoms with Crippen LogP contribution in [0.3, 0.4) is 0 Å². The maximum Gasteiger partial charge on any atom is 0.344 e. The molecular weight excluding hydrogens is 298 g/mol. The van der Waals surface area contributed by atoms with Crippen molar-refractivity contribution >= 4 is 32.4 Å². The van der Waals surface area contributed by atoms with Crippen molar-refractivity contribution in [3.05, 3.63) is 0 Å². The number of hydrogen-bond donors (Lipinski definition) is 1. The molecule has 1 heterocycles. The fraction of sp³-hybridized carbons (Fsp3) is 1.00. The van der Waals surface area contributed by atoms with Crippen molar-refractivity contribution in [1.29, 1.82) is 0 Å². The van der Waals surface area contributed by atoms with E-state index >= 15 is 0 Å². The van der Waals surface area contributed by atoms with Gasteiger partial charge in [0.25, 0.3) is 0 Å². The summed E-state index contributed by atoms with van der Waals surface area (Å²) in [5, 5.41) is 0. The molecule has 0 aliphatic carbocycles. The number of nitrogens with zero attached hydrogens (tertiary/aromatic N) is 1. The molecule has 0 atom stereocenters. The van der Waals surface area contributed by atoms with Gasteiger partial charge in [0.1, 0.15) is 6.29 Å². The van der Waals surface area contributed by atoms with Gasteiger partial charge < -0.3 is 14.8 Å². The third kappa shape index (κ3) is 7.29. The largest absolute Gasteiger partial charge is 0.344 e. The van der Waals surface area contributed by atoms with Crippen LogP contribution in [-0.2, 0) is 13.6 Å². The SMILES string of the molecule is CCOP(=O)(CN1CCC(N)CC1)OCC.Cl.Cl. The summed E-state index contributed by atoms with van der Waals surface area (Å²) in [4.78, 5) is 2.12. The van der Waals surface area contributed by atoms with E-state index in [1.54, 1.807) is 0 Å². The Kier molecular flexibility index (Phi) is 12.2. The standard InChI is InChI=1S/C10H23N2O3P.2ClH/c1-3-14-16(13,15-4-2)9-12-7-5-10(11)6-8-12;;/h10H,3-9,11H2,1-2H3;2*1H. The Morgan fingerprint density at radius 3 is 2.00 bits per heavy atom. The molecule has 1 rings (SSSR count). The Morgan fingerprint density at radius 1 is 1.17 bits per heavy atom. The Hall–Kier alpha value is 0.650. The van der Waals surface area contributed by atoms with Crippen molar-refractivity contribution in [3.63, 3.8) is 0 Å². The zero-order chi connectivity index (χ0) is 12.0. The molecule has 1 saturated heterocycles. The van der Waals surface area contributed by atoms with Gasteiger partial charge in [0.15, 0.2) is 0 Å². The average Bonchev–Trinajstić information content (AvgIpc) is 2.22. The highest BCUT2D eigenvalue weighted by molar-refractivity contribution is 7.53. The van der Waals surface area contributed by atoms with Crippen LogP contribution in [0.2, 0.25) is 0 Å². The highest BCUT2D eigenvalue weighted by atomic mass is 35.5. The molecule has 0 aromatic carbocycles. The van der Waals surface area contributed by atoms with Gasteiger partial charge in [0.05, 0.1) is 13.2 Å². The van der Waals surface area contributed by atoms with E-state index in [-0.39, 0.29) is 30.9 Å². The summed E-state index contributed by atoms with van der Waals surface area (Å²) in [5.74, 6) is 0. The van der Waals surface area contributed by atoms with Gasteiger partial charge in [-0.25, -0.2) is 0 Å². The normalized spacial score (nSPS) is 17.9. The van der Waals surface area contributed by atoms with Gasteiger partial charge in [-0.05, 0) is 26.7 Å². The van der Waals surface area contributed by atoms with E-state index in [2.05, 4.69) is 4.90 Å². The van der Waals surface area contributed by atoms with E-state index in [9.17, 15) is 4.57 Å². The second-order valence-corrected chi connectivity index (χ2v) is 6.06. The number of likely N-dealkylation sites (tertiary alicyclic amines) is 1. The molecule has 112 valence electrons. The highest BCUT2D eigenvalue weighted by Gasteiger charge is 2.28. The molecule has 1 fully saturated rings. The maximum absolute atomic E-state index is 12.2. The minimum absolute atomic E-state index is 0. The van der Waals surface area contributed by atoms with E-state index in [1.165, 1.54) is 0 Å². The molecule has 1 aliphatic heterocycles. The molecule has 0 spiro atoms. The molecule has 0 amide bonds. The second kappa shape index (κ2) is 10.4. The zero-order valence-electron chi connectivity index (χ0n) is 11.0. The van der Waals surface area contributed by atoms with Gasteiger partial charge in [-0.15, -0.1) is 24.8 Å². The van der Waals surface area contributed by atoms with Gasteiger partial charge in [-0.3, -0.25) is 9.46 Å². The van der Waals surface area contributed by atoms with E-state index in [0.29, 0.717) is 19.5 Å². The lowest BCUT2D eigenvalue weighted by Gasteiger charge is -2.32. The predicted molar refractivity (Wildman–Crippen MR) is 79.0 cm³/mol. The number of nitrogens with two attached hydrogens (primary N) is 1. The minimum atomic E-state index is -2.92. The van der Waals surface area contributed by atoms with Gasteiger partial charge in [0, 0.05) is 19.1 Å². The number of rotatable bonds is 6. The lowest BCUT2D eigenvalue weighted by atomic mass is 10.1. The van der Waals surface area contributed by atoms with E-state index < -0.39 is 7.60 Å². The van der Waals surface area contributed by atoms with Crippen LogP contribution in [0.1, 0.15) is 26.7 Å². The first-order chi connectivity index (χ1) is 7.59. The first-order valence-corrected chi connectivity index (χ1v) is 7.68. The maximum atomic E-state index is 12.2. The van der Waals surface area contributed by atoms with E-state index in [4.69, 9.17) is 14.8 Å². The molecule has 1 aliphatic rings. The van der Waals surface area contributed by atoms with E-state index in [1.807, 2.05) is 13.8 Å². The molecular formula is C10H25Cl2N2O3P. The van der Waals surface area contributed by atoms with Crippen LogP contribution in [-0.4, -0.2) is 43.5 Å². The predicted octanol–water partition coefficient (Wildman–Crippen LogP) is 2.48. The molecule has 0 aromatic heterocycles. The Labute approximate surface area is 122 Å². The second-order valence-electron chi connectivity index (χ2n) is 4.04. The molecule has 0 bridgehead atoms. The van der Waals surface area contributed by atoms with Gasteiger partial charge in [-0.2, -0.15) is 0 Å². The summed E-state index contributed by atoms with van der Waals surface area (Å²) in [6.45, 7) is 6.27. The third-order valence-corrected chi connectivity index (χ3v) is 4.71. The third-order valence-electron chi connectivity index (χ3n) is 2.66. The van der Waals surface area contributed by atoms with Crippen LogP contribution in [0.25, 0.3) is 0 Å². The lowest BCUT2D eigenvalue weighted by Crippen LogP contribution is -2.40. The molecule has 0 unspecified atom stereocenters. The fourth-order valence-electron chi connectivity index (χ4n) is 1.85. The monoisotopic (exact) mass is 322 g/mol. The van der Waals surface area contributed by atoms with Crippen LogP contribution in [0.15, 0.2) is 0 Å². The van der Waals surface area contributed by atoms with Gasteiger partial charge in [0.2, 0.25) is 0 Å². The van der Waals surface area contributed by atoms with Crippen LogP contribution >= 0.6 is 32.4 Å². The van der Waals surface area contributed by atoms with Gasteiger partial charge >= 0.3 is 7.60 Å². The molecule has 8 heteroatoms. The first kappa shape index (κ1) is 21.0. The topological polar surface area (TPSA) is 64.8 Å². The number of halogens is 2. The van der Waals surface area contributed by atoms with Crippen molar-refractivity contribution in [2.75, 3.05) is 32.6 Å². The lowest BCUT2D eigenvalue weighted by molar-refractivity contribution is 0.180. The van der Waals surface area contributed by atoms with E-state index in [0.717, 1.165) is 25.9 Å². The zero-order valence-corrected chi connectivity index (χ0v) is 13.6. The smallest absolute Gasteiger partial charge is 0.328 e. The Balaban J connectivity index is 0. The van der Waals surface area contributed by atoms with Gasteiger partial charge in [-0.1, -0.05) is 0 Å². The summed E-state index contributed by atoms with van der Waals surface area (Å²) in [6.07, 6.45) is 2.30.